The molecule has 0 aromatic carbocycles. The molecule has 0 spiro atoms. The van der Waals surface area contributed by atoms with Crippen LogP contribution in [-0.2, 0) is 14.2 Å². The Morgan fingerprint density at radius 3 is 2.53 bits per heavy atom. The van der Waals surface area contributed by atoms with E-state index in [1.807, 2.05) is 13.8 Å². The van der Waals surface area contributed by atoms with Gasteiger partial charge in [0.25, 0.3) is 0 Å². The summed E-state index contributed by atoms with van der Waals surface area (Å²) in [4.78, 5) is 0. The average Bonchev–Trinajstić information content (AvgIpc) is 2.76. The molecule has 0 saturated carbocycles. The van der Waals surface area contributed by atoms with E-state index in [9.17, 15) is 5.11 Å². The Kier molecular flexibility index (Phi) is 3.30. The molecular weight excluding hydrogens is 196 g/mol. The van der Waals surface area contributed by atoms with Gasteiger partial charge >= 0.3 is 0 Å². The lowest BCUT2D eigenvalue weighted by Gasteiger charge is -2.22. The average molecular weight is 216 g/mol. The molecule has 2 saturated heterocycles. The van der Waals surface area contributed by atoms with E-state index in [1.165, 1.54) is 0 Å². The summed E-state index contributed by atoms with van der Waals surface area (Å²) in [6.07, 6.45) is 2.47. The molecule has 15 heavy (non-hydrogen) atoms. The number of hydrogen-bond acceptors (Lipinski definition) is 4. The summed E-state index contributed by atoms with van der Waals surface area (Å²) < 4.78 is 16.2. The van der Waals surface area contributed by atoms with Crippen molar-refractivity contribution in [2.24, 2.45) is 0 Å². The van der Waals surface area contributed by atoms with Gasteiger partial charge in [0.05, 0.1) is 25.4 Å². The fourth-order valence-electron chi connectivity index (χ4n) is 2.10. The van der Waals surface area contributed by atoms with E-state index in [0.717, 1.165) is 19.3 Å². The highest BCUT2D eigenvalue weighted by atomic mass is 16.7. The molecule has 0 bridgehead atoms. The summed E-state index contributed by atoms with van der Waals surface area (Å²) >= 11 is 0. The van der Waals surface area contributed by atoms with Crippen LogP contribution in [0.1, 0.15) is 33.1 Å². The first-order valence-electron chi connectivity index (χ1n) is 5.72. The van der Waals surface area contributed by atoms with Crippen molar-refractivity contribution in [2.75, 3.05) is 13.2 Å². The van der Waals surface area contributed by atoms with Crippen molar-refractivity contribution in [2.45, 2.75) is 57.2 Å². The van der Waals surface area contributed by atoms with Crippen molar-refractivity contribution < 1.29 is 19.3 Å². The van der Waals surface area contributed by atoms with E-state index >= 15 is 0 Å². The fourth-order valence-corrected chi connectivity index (χ4v) is 2.10. The molecule has 2 aliphatic heterocycles. The second kappa shape index (κ2) is 4.37. The Balaban J connectivity index is 1.61. The molecule has 0 aromatic heterocycles. The van der Waals surface area contributed by atoms with Crippen LogP contribution >= 0.6 is 0 Å². The van der Waals surface area contributed by atoms with Crippen molar-refractivity contribution in [1.29, 1.82) is 0 Å². The van der Waals surface area contributed by atoms with Crippen LogP contribution in [0.3, 0.4) is 0 Å². The van der Waals surface area contributed by atoms with E-state index in [4.69, 9.17) is 14.2 Å². The van der Waals surface area contributed by atoms with Gasteiger partial charge in [0.2, 0.25) is 0 Å². The van der Waals surface area contributed by atoms with Crippen LogP contribution in [0.4, 0.5) is 0 Å². The number of rotatable bonds is 5. The maximum Gasteiger partial charge on any atom is 0.165 e. The highest BCUT2D eigenvalue weighted by molar-refractivity contribution is 4.87. The molecule has 2 fully saturated rings. The van der Waals surface area contributed by atoms with Gasteiger partial charge in [0, 0.05) is 6.42 Å². The zero-order valence-electron chi connectivity index (χ0n) is 9.44. The molecule has 0 aliphatic carbocycles. The summed E-state index contributed by atoms with van der Waals surface area (Å²) in [5, 5.41) is 9.71. The van der Waals surface area contributed by atoms with Crippen molar-refractivity contribution in [3.8, 4) is 0 Å². The largest absolute Gasteiger partial charge is 0.390 e. The SMILES string of the molecule is C[C@H]1O[C@@H]1[C@H](O)CCCC1(C)OCCO1. The van der Waals surface area contributed by atoms with Crippen molar-refractivity contribution in [1.82, 2.24) is 0 Å². The van der Waals surface area contributed by atoms with E-state index < -0.39 is 5.79 Å². The molecule has 4 nitrogen and oxygen atoms in total. The van der Waals surface area contributed by atoms with Gasteiger partial charge in [0.15, 0.2) is 5.79 Å². The quantitative estimate of drug-likeness (QED) is 0.698. The predicted octanol–water partition coefficient (Wildman–Crippen LogP) is 1.07. The third-order valence-corrected chi connectivity index (χ3v) is 3.17. The van der Waals surface area contributed by atoms with Crippen LogP contribution in [0.5, 0.6) is 0 Å². The highest BCUT2D eigenvalue weighted by Crippen LogP contribution is 2.29. The van der Waals surface area contributed by atoms with Gasteiger partial charge in [-0.3, -0.25) is 0 Å². The first-order chi connectivity index (χ1) is 7.11. The summed E-state index contributed by atoms with van der Waals surface area (Å²) in [7, 11) is 0. The van der Waals surface area contributed by atoms with E-state index in [-0.39, 0.29) is 18.3 Å². The van der Waals surface area contributed by atoms with Crippen LogP contribution in [0.15, 0.2) is 0 Å². The summed E-state index contributed by atoms with van der Waals surface area (Å²) in [6.45, 7) is 5.31. The van der Waals surface area contributed by atoms with Crippen LogP contribution in [-0.4, -0.2) is 42.4 Å². The van der Waals surface area contributed by atoms with Crippen molar-refractivity contribution in [3.05, 3.63) is 0 Å². The number of aliphatic hydroxyl groups excluding tert-OH is 1. The minimum absolute atomic E-state index is 0.0585. The number of hydrogen-bond donors (Lipinski definition) is 1. The lowest BCUT2D eigenvalue weighted by atomic mass is 10.0. The highest BCUT2D eigenvalue weighted by Gasteiger charge is 2.40. The van der Waals surface area contributed by atoms with Crippen LogP contribution in [0, 0.1) is 0 Å². The molecule has 2 aliphatic rings. The zero-order valence-corrected chi connectivity index (χ0v) is 9.44. The number of ether oxygens (including phenoxy) is 3. The molecule has 0 radical (unpaired) electrons. The Morgan fingerprint density at radius 1 is 1.40 bits per heavy atom. The Bertz CT molecular complexity index is 213. The van der Waals surface area contributed by atoms with Crippen LogP contribution in [0.25, 0.3) is 0 Å². The monoisotopic (exact) mass is 216 g/mol. The molecule has 4 heteroatoms. The van der Waals surface area contributed by atoms with Crippen molar-refractivity contribution >= 4 is 0 Å². The van der Waals surface area contributed by atoms with E-state index in [1.54, 1.807) is 0 Å². The molecule has 1 N–H and O–H groups in total. The van der Waals surface area contributed by atoms with Gasteiger partial charge in [0.1, 0.15) is 6.10 Å². The first kappa shape index (κ1) is 11.3. The van der Waals surface area contributed by atoms with Gasteiger partial charge < -0.3 is 19.3 Å². The summed E-state index contributed by atoms with van der Waals surface area (Å²) in [6, 6.07) is 0. The smallest absolute Gasteiger partial charge is 0.165 e. The van der Waals surface area contributed by atoms with Crippen LogP contribution < -0.4 is 0 Å². The molecule has 2 heterocycles. The number of epoxide rings is 1. The Hall–Kier alpha value is -0.160. The van der Waals surface area contributed by atoms with Gasteiger partial charge in [-0.2, -0.15) is 0 Å². The maximum atomic E-state index is 9.71. The molecule has 2 rings (SSSR count). The standard InChI is InChI=1S/C11H20O4/c1-8-10(15-8)9(12)4-3-5-11(2)13-6-7-14-11/h8-10,12H,3-7H2,1-2H3/t8-,9-,10+/m1/s1. The van der Waals surface area contributed by atoms with Crippen molar-refractivity contribution in [3.63, 3.8) is 0 Å². The molecule has 0 amide bonds. The third kappa shape index (κ3) is 2.91. The van der Waals surface area contributed by atoms with Gasteiger partial charge in [-0.15, -0.1) is 0 Å². The first-order valence-corrected chi connectivity index (χ1v) is 5.72. The maximum absolute atomic E-state index is 9.71. The molecule has 3 atom stereocenters. The Labute approximate surface area is 90.5 Å². The lowest BCUT2D eigenvalue weighted by molar-refractivity contribution is -0.148. The normalized spacial score (nSPS) is 35.4. The van der Waals surface area contributed by atoms with Crippen LogP contribution in [0.2, 0.25) is 0 Å². The van der Waals surface area contributed by atoms with Gasteiger partial charge in [-0.1, -0.05) is 0 Å². The summed E-state index contributed by atoms with van der Waals surface area (Å²) in [5.74, 6) is -0.421. The fraction of sp³-hybridized carbons (Fsp3) is 1.00. The topological polar surface area (TPSA) is 51.2 Å². The molecular formula is C11H20O4. The number of aliphatic hydroxyl groups is 1. The molecule has 0 aromatic rings. The van der Waals surface area contributed by atoms with E-state index in [0.29, 0.717) is 13.2 Å². The third-order valence-electron chi connectivity index (χ3n) is 3.17. The summed E-state index contributed by atoms with van der Waals surface area (Å²) in [5.41, 5.74) is 0. The predicted molar refractivity (Wildman–Crippen MR) is 54.5 cm³/mol. The minimum atomic E-state index is -0.421. The molecule has 88 valence electrons. The second-order valence-electron chi connectivity index (χ2n) is 4.60. The second-order valence-corrected chi connectivity index (χ2v) is 4.60. The lowest BCUT2D eigenvalue weighted by Crippen LogP contribution is -2.26. The van der Waals surface area contributed by atoms with Gasteiger partial charge in [-0.25, -0.2) is 0 Å². The zero-order chi connectivity index (χ0) is 10.9. The molecule has 0 unspecified atom stereocenters. The Morgan fingerprint density at radius 2 is 2.00 bits per heavy atom. The minimum Gasteiger partial charge on any atom is -0.390 e. The van der Waals surface area contributed by atoms with Gasteiger partial charge in [-0.05, 0) is 26.7 Å². The van der Waals surface area contributed by atoms with E-state index in [2.05, 4.69) is 0 Å².